The van der Waals surface area contributed by atoms with Gasteiger partial charge in [0.05, 0.1) is 4.47 Å². The van der Waals surface area contributed by atoms with Crippen molar-refractivity contribution >= 4 is 21.8 Å². The third kappa shape index (κ3) is 2.00. The van der Waals surface area contributed by atoms with Crippen molar-refractivity contribution < 1.29 is 4.79 Å². The lowest BCUT2D eigenvalue weighted by atomic mass is 9.76. The average molecular weight is 282 g/mol. The highest BCUT2D eigenvalue weighted by atomic mass is 79.9. The van der Waals surface area contributed by atoms with Gasteiger partial charge < -0.3 is 5.32 Å². The lowest BCUT2D eigenvalue weighted by Crippen LogP contribution is -2.51. The van der Waals surface area contributed by atoms with Crippen LogP contribution in [0.15, 0.2) is 29.5 Å². The largest absolute Gasteiger partial charge is 0.340 e. The molecule has 1 saturated carbocycles. The van der Waals surface area contributed by atoms with Crippen LogP contribution >= 0.6 is 15.9 Å². The molecule has 0 spiro atoms. The summed E-state index contributed by atoms with van der Waals surface area (Å²) >= 11 is 3.29. The van der Waals surface area contributed by atoms with Crippen molar-refractivity contribution in [1.29, 1.82) is 0 Å². The van der Waals surface area contributed by atoms with Crippen LogP contribution in [0.2, 0.25) is 0 Å². The Morgan fingerprint density at radius 3 is 2.56 bits per heavy atom. The molecule has 0 atom stereocenters. The van der Waals surface area contributed by atoms with Crippen LogP contribution in [-0.2, 0) is 10.3 Å². The van der Waals surface area contributed by atoms with Crippen LogP contribution in [0.4, 0.5) is 0 Å². The number of carbonyl (C=O) groups is 1. The lowest BCUT2D eigenvalue weighted by Gasteiger charge is -2.40. The van der Waals surface area contributed by atoms with E-state index < -0.39 is 0 Å². The fourth-order valence-electron chi connectivity index (χ4n) is 1.78. The molecule has 1 aliphatic rings. The first-order valence-electron chi connectivity index (χ1n) is 5.09. The van der Waals surface area contributed by atoms with Crippen molar-refractivity contribution in [3.63, 3.8) is 0 Å². The van der Waals surface area contributed by atoms with Crippen LogP contribution < -0.4 is 5.32 Å². The Morgan fingerprint density at radius 2 is 2.12 bits per heavy atom. The highest BCUT2D eigenvalue weighted by molar-refractivity contribution is 9.10. The van der Waals surface area contributed by atoms with E-state index in [9.17, 15) is 4.79 Å². The van der Waals surface area contributed by atoms with Gasteiger partial charge in [-0.3, -0.25) is 4.79 Å². The van der Waals surface area contributed by atoms with Gasteiger partial charge in [0.25, 0.3) is 0 Å². The summed E-state index contributed by atoms with van der Waals surface area (Å²) in [5, 5.41) is 2.92. The SMILES string of the molecule is C=CC(=O)NC1(c2ncc(Br)cn2)CCC1. The summed E-state index contributed by atoms with van der Waals surface area (Å²) < 4.78 is 0.834. The smallest absolute Gasteiger partial charge is 0.244 e. The summed E-state index contributed by atoms with van der Waals surface area (Å²) in [7, 11) is 0. The molecule has 0 radical (unpaired) electrons. The van der Waals surface area contributed by atoms with Crippen molar-refractivity contribution in [2.75, 3.05) is 0 Å². The minimum atomic E-state index is -0.383. The number of hydrogen-bond acceptors (Lipinski definition) is 3. The van der Waals surface area contributed by atoms with Crippen LogP contribution in [0.25, 0.3) is 0 Å². The molecule has 0 bridgehead atoms. The summed E-state index contributed by atoms with van der Waals surface area (Å²) in [4.78, 5) is 19.9. The molecule has 1 amide bonds. The summed E-state index contributed by atoms with van der Waals surface area (Å²) in [6.45, 7) is 3.45. The highest BCUT2D eigenvalue weighted by Crippen LogP contribution is 2.39. The quantitative estimate of drug-likeness (QED) is 0.862. The van der Waals surface area contributed by atoms with E-state index in [4.69, 9.17) is 0 Å². The van der Waals surface area contributed by atoms with Gasteiger partial charge in [0.1, 0.15) is 5.54 Å². The number of nitrogens with one attached hydrogen (secondary N) is 1. The number of nitrogens with zero attached hydrogens (tertiary/aromatic N) is 2. The van der Waals surface area contributed by atoms with Gasteiger partial charge in [-0.15, -0.1) is 0 Å². The fraction of sp³-hybridized carbons (Fsp3) is 0.364. The van der Waals surface area contributed by atoms with Gasteiger partial charge in [-0.25, -0.2) is 9.97 Å². The Labute approximate surface area is 102 Å². The molecule has 0 saturated heterocycles. The van der Waals surface area contributed by atoms with Gasteiger partial charge in [0.15, 0.2) is 5.82 Å². The van der Waals surface area contributed by atoms with Crippen molar-refractivity contribution in [3.8, 4) is 0 Å². The summed E-state index contributed by atoms with van der Waals surface area (Å²) in [6.07, 6.45) is 7.52. The number of rotatable bonds is 3. The summed E-state index contributed by atoms with van der Waals surface area (Å²) in [5.74, 6) is 0.503. The fourth-order valence-corrected chi connectivity index (χ4v) is 1.99. The normalized spacial score (nSPS) is 17.3. The van der Waals surface area contributed by atoms with Crippen LogP contribution in [0.1, 0.15) is 25.1 Å². The van der Waals surface area contributed by atoms with Crippen LogP contribution in [-0.4, -0.2) is 15.9 Å². The molecule has 0 aliphatic heterocycles. The molecular weight excluding hydrogens is 270 g/mol. The Balaban J connectivity index is 2.24. The Bertz CT molecular complexity index is 412. The summed E-state index contributed by atoms with van der Waals surface area (Å²) in [6, 6.07) is 0. The second-order valence-corrected chi connectivity index (χ2v) is 4.77. The molecule has 1 fully saturated rings. The van der Waals surface area contributed by atoms with E-state index in [1.165, 1.54) is 6.08 Å². The molecule has 1 aromatic heterocycles. The zero-order valence-electron chi connectivity index (χ0n) is 8.74. The zero-order chi connectivity index (χ0) is 11.6. The number of hydrogen-bond donors (Lipinski definition) is 1. The zero-order valence-corrected chi connectivity index (χ0v) is 10.3. The first-order chi connectivity index (χ1) is 7.66. The van der Waals surface area contributed by atoms with Gasteiger partial charge in [0.2, 0.25) is 5.91 Å². The lowest BCUT2D eigenvalue weighted by molar-refractivity contribution is -0.119. The molecule has 0 unspecified atom stereocenters. The molecule has 1 heterocycles. The minimum Gasteiger partial charge on any atom is -0.340 e. The van der Waals surface area contributed by atoms with E-state index in [2.05, 4.69) is 37.8 Å². The maximum absolute atomic E-state index is 11.4. The number of amides is 1. The molecular formula is C11H12BrN3O. The standard InChI is InChI=1S/C11H12BrN3O/c1-2-9(16)15-11(4-3-5-11)10-13-6-8(12)7-14-10/h2,6-7H,1,3-5H2,(H,15,16). The van der Waals surface area contributed by atoms with E-state index in [0.717, 1.165) is 23.7 Å². The Kier molecular flexibility index (Phi) is 3.05. The van der Waals surface area contributed by atoms with Crippen LogP contribution in [0.3, 0.4) is 0 Å². The van der Waals surface area contributed by atoms with E-state index >= 15 is 0 Å². The number of carbonyl (C=O) groups excluding carboxylic acids is 1. The van der Waals surface area contributed by atoms with Gasteiger partial charge in [-0.2, -0.15) is 0 Å². The molecule has 4 nitrogen and oxygen atoms in total. The second kappa shape index (κ2) is 4.33. The minimum absolute atomic E-state index is 0.175. The molecule has 2 rings (SSSR count). The molecule has 1 N–H and O–H groups in total. The molecule has 1 aliphatic carbocycles. The van der Waals surface area contributed by atoms with Crippen LogP contribution in [0.5, 0.6) is 0 Å². The predicted octanol–water partition coefficient (Wildman–Crippen LogP) is 1.92. The maximum Gasteiger partial charge on any atom is 0.244 e. The average Bonchev–Trinajstić information content (AvgIpc) is 2.24. The molecule has 1 aromatic rings. The van der Waals surface area contributed by atoms with Crippen molar-refractivity contribution in [3.05, 3.63) is 35.3 Å². The number of aromatic nitrogens is 2. The third-order valence-electron chi connectivity index (χ3n) is 2.80. The van der Waals surface area contributed by atoms with E-state index in [0.29, 0.717) is 5.82 Å². The first-order valence-corrected chi connectivity index (χ1v) is 5.88. The van der Waals surface area contributed by atoms with Crippen molar-refractivity contribution in [2.45, 2.75) is 24.8 Å². The predicted molar refractivity (Wildman–Crippen MR) is 63.6 cm³/mol. The third-order valence-corrected chi connectivity index (χ3v) is 3.21. The van der Waals surface area contributed by atoms with E-state index in [-0.39, 0.29) is 11.4 Å². The highest BCUT2D eigenvalue weighted by Gasteiger charge is 2.42. The topological polar surface area (TPSA) is 54.9 Å². The van der Waals surface area contributed by atoms with Gasteiger partial charge >= 0.3 is 0 Å². The maximum atomic E-state index is 11.4. The Morgan fingerprint density at radius 1 is 1.50 bits per heavy atom. The molecule has 84 valence electrons. The number of halogens is 1. The van der Waals surface area contributed by atoms with E-state index in [1.54, 1.807) is 12.4 Å². The van der Waals surface area contributed by atoms with Gasteiger partial charge in [0, 0.05) is 12.4 Å². The molecule has 5 heteroatoms. The van der Waals surface area contributed by atoms with Gasteiger partial charge in [-0.05, 0) is 41.3 Å². The first kappa shape index (κ1) is 11.3. The Hall–Kier alpha value is -1.23. The molecule has 16 heavy (non-hydrogen) atoms. The van der Waals surface area contributed by atoms with E-state index in [1.807, 2.05) is 0 Å². The van der Waals surface area contributed by atoms with Gasteiger partial charge in [-0.1, -0.05) is 6.58 Å². The summed E-state index contributed by atoms with van der Waals surface area (Å²) in [5.41, 5.74) is -0.383. The van der Waals surface area contributed by atoms with Crippen molar-refractivity contribution in [1.82, 2.24) is 15.3 Å². The van der Waals surface area contributed by atoms with Crippen LogP contribution in [0, 0.1) is 0 Å². The molecule has 0 aromatic carbocycles. The second-order valence-electron chi connectivity index (χ2n) is 3.85. The monoisotopic (exact) mass is 281 g/mol. The van der Waals surface area contributed by atoms with Crippen molar-refractivity contribution in [2.24, 2.45) is 0 Å².